The van der Waals surface area contributed by atoms with Crippen molar-refractivity contribution in [1.29, 1.82) is 0 Å². The third-order valence-electron chi connectivity index (χ3n) is 4.08. The van der Waals surface area contributed by atoms with E-state index in [4.69, 9.17) is 15.9 Å². The summed E-state index contributed by atoms with van der Waals surface area (Å²) in [5, 5.41) is 10.2. The molecule has 0 unspecified atom stereocenters. The van der Waals surface area contributed by atoms with Crippen LogP contribution < -0.4 is 0 Å². The predicted octanol–water partition coefficient (Wildman–Crippen LogP) is 2.00. The maximum atomic E-state index is 10.2. The summed E-state index contributed by atoms with van der Waals surface area (Å²) in [6.45, 7) is 3.86. The summed E-state index contributed by atoms with van der Waals surface area (Å²) in [6.07, 6.45) is 6.67. The summed E-state index contributed by atoms with van der Waals surface area (Å²) in [7, 11) is 1.68. The minimum atomic E-state index is -0.585. The number of hydrogen-bond acceptors (Lipinski definition) is 4. The Morgan fingerprint density at radius 3 is 2.77 bits per heavy atom. The van der Waals surface area contributed by atoms with Gasteiger partial charge in [-0.05, 0) is 17.7 Å². The van der Waals surface area contributed by atoms with Gasteiger partial charge in [-0.25, -0.2) is 0 Å². The van der Waals surface area contributed by atoms with Crippen LogP contribution >= 0.6 is 0 Å². The summed E-state index contributed by atoms with van der Waals surface area (Å²) < 4.78 is 12.7. The number of rotatable bonds is 12. The Hall–Kier alpha value is -2.10. The van der Waals surface area contributed by atoms with Gasteiger partial charge in [-0.1, -0.05) is 36.3 Å². The standard InChI is InChI=1S/C21H28N2O3/c1-3-13-26-18-21(24)17-22(12-14-25-2)16-20-10-7-11-23(20)15-19-8-5-4-6-9-19/h1,4-11,21,24H,12-18H2,2H3/t21-/m1/s1. The molecule has 0 aliphatic rings. The highest BCUT2D eigenvalue weighted by molar-refractivity contribution is 5.17. The molecular formula is C21H28N2O3. The van der Waals surface area contributed by atoms with E-state index in [0.717, 1.165) is 19.6 Å². The summed E-state index contributed by atoms with van der Waals surface area (Å²) in [6, 6.07) is 14.5. The lowest BCUT2D eigenvalue weighted by Gasteiger charge is -2.25. The van der Waals surface area contributed by atoms with Crippen LogP contribution in [-0.4, -0.2) is 60.7 Å². The molecule has 26 heavy (non-hydrogen) atoms. The Morgan fingerprint density at radius 1 is 1.23 bits per heavy atom. The number of benzene rings is 1. The molecule has 0 saturated heterocycles. The van der Waals surface area contributed by atoms with Crippen molar-refractivity contribution in [3.63, 3.8) is 0 Å². The fourth-order valence-corrected chi connectivity index (χ4v) is 2.82. The highest BCUT2D eigenvalue weighted by Crippen LogP contribution is 2.11. The average molecular weight is 356 g/mol. The van der Waals surface area contributed by atoms with Gasteiger partial charge in [0.1, 0.15) is 6.61 Å². The summed E-state index contributed by atoms with van der Waals surface area (Å²) >= 11 is 0. The van der Waals surface area contributed by atoms with Crippen LogP contribution in [0.1, 0.15) is 11.3 Å². The largest absolute Gasteiger partial charge is 0.389 e. The van der Waals surface area contributed by atoms with Gasteiger partial charge in [0.05, 0.1) is 19.3 Å². The van der Waals surface area contributed by atoms with Gasteiger partial charge in [-0.2, -0.15) is 0 Å². The van der Waals surface area contributed by atoms with E-state index in [1.54, 1.807) is 7.11 Å². The zero-order valence-electron chi connectivity index (χ0n) is 15.4. The zero-order valence-corrected chi connectivity index (χ0v) is 15.4. The van der Waals surface area contributed by atoms with Crippen molar-refractivity contribution in [2.75, 3.05) is 40.0 Å². The van der Waals surface area contributed by atoms with Crippen molar-refractivity contribution >= 4 is 0 Å². The van der Waals surface area contributed by atoms with Crippen molar-refractivity contribution in [2.24, 2.45) is 0 Å². The van der Waals surface area contributed by atoms with E-state index in [2.05, 4.69) is 58.0 Å². The van der Waals surface area contributed by atoms with E-state index < -0.39 is 6.10 Å². The molecule has 1 aromatic carbocycles. The molecule has 0 aliphatic carbocycles. The number of aromatic nitrogens is 1. The second-order valence-electron chi connectivity index (χ2n) is 6.21. The topological polar surface area (TPSA) is 46.9 Å². The van der Waals surface area contributed by atoms with Gasteiger partial charge in [-0.3, -0.25) is 4.90 Å². The van der Waals surface area contributed by atoms with Gasteiger partial charge >= 0.3 is 0 Å². The molecule has 5 nitrogen and oxygen atoms in total. The van der Waals surface area contributed by atoms with E-state index in [0.29, 0.717) is 13.2 Å². The van der Waals surface area contributed by atoms with Gasteiger partial charge in [0.25, 0.3) is 0 Å². The molecule has 0 aliphatic heterocycles. The third-order valence-corrected chi connectivity index (χ3v) is 4.08. The Bertz CT molecular complexity index is 663. The molecular weight excluding hydrogens is 328 g/mol. The summed E-state index contributed by atoms with van der Waals surface area (Å²) in [5.74, 6) is 2.41. The predicted molar refractivity (Wildman–Crippen MR) is 103 cm³/mol. The normalized spacial score (nSPS) is 12.2. The fraction of sp³-hybridized carbons (Fsp3) is 0.429. The number of terminal acetylenes is 1. The van der Waals surface area contributed by atoms with Crippen molar-refractivity contribution in [2.45, 2.75) is 19.2 Å². The molecule has 1 heterocycles. The van der Waals surface area contributed by atoms with E-state index in [1.807, 2.05) is 6.07 Å². The fourth-order valence-electron chi connectivity index (χ4n) is 2.82. The molecule has 1 aromatic heterocycles. The number of aliphatic hydroxyl groups is 1. The van der Waals surface area contributed by atoms with Crippen LogP contribution in [0.25, 0.3) is 0 Å². The third kappa shape index (κ3) is 7.03. The molecule has 2 aromatic rings. The lowest BCUT2D eigenvalue weighted by molar-refractivity contribution is 0.0203. The average Bonchev–Trinajstić information content (AvgIpc) is 3.07. The Labute approximate surface area is 156 Å². The highest BCUT2D eigenvalue weighted by atomic mass is 16.5. The molecule has 0 fully saturated rings. The monoisotopic (exact) mass is 356 g/mol. The minimum Gasteiger partial charge on any atom is -0.389 e. The Morgan fingerprint density at radius 2 is 2.04 bits per heavy atom. The quantitative estimate of drug-likeness (QED) is 0.467. The highest BCUT2D eigenvalue weighted by Gasteiger charge is 2.14. The number of aliphatic hydroxyl groups excluding tert-OH is 1. The second kappa shape index (κ2) is 11.5. The molecule has 0 bridgehead atoms. The SMILES string of the molecule is C#CCOC[C@H](O)CN(CCOC)Cc1cccn1Cc1ccccc1. The summed E-state index contributed by atoms with van der Waals surface area (Å²) in [4.78, 5) is 2.17. The van der Waals surface area contributed by atoms with Crippen LogP contribution in [0.5, 0.6) is 0 Å². The van der Waals surface area contributed by atoms with Crippen LogP contribution in [0.15, 0.2) is 48.7 Å². The first kappa shape index (κ1) is 20.2. The van der Waals surface area contributed by atoms with E-state index in [1.165, 1.54) is 11.3 Å². The van der Waals surface area contributed by atoms with Gasteiger partial charge in [0, 0.05) is 45.2 Å². The first-order valence-electron chi connectivity index (χ1n) is 8.81. The number of nitrogens with zero attached hydrogens (tertiary/aromatic N) is 2. The van der Waals surface area contributed by atoms with Crippen LogP contribution in [0, 0.1) is 12.3 Å². The number of hydrogen-bond donors (Lipinski definition) is 1. The minimum absolute atomic E-state index is 0.217. The van der Waals surface area contributed by atoms with Crippen LogP contribution in [0.3, 0.4) is 0 Å². The number of ether oxygens (including phenoxy) is 2. The maximum Gasteiger partial charge on any atom is 0.107 e. The van der Waals surface area contributed by atoms with Gasteiger partial charge in [0.2, 0.25) is 0 Å². The first-order valence-corrected chi connectivity index (χ1v) is 8.81. The van der Waals surface area contributed by atoms with Crippen LogP contribution in [-0.2, 0) is 22.6 Å². The van der Waals surface area contributed by atoms with Crippen LogP contribution in [0.2, 0.25) is 0 Å². The molecule has 0 radical (unpaired) electrons. The van der Waals surface area contributed by atoms with E-state index in [9.17, 15) is 5.11 Å². The molecule has 2 rings (SSSR count). The molecule has 0 saturated carbocycles. The van der Waals surface area contributed by atoms with E-state index >= 15 is 0 Å². The summed E-state index contributed by atoms with van der Waals surface area (Å²) in [5.41, 5.74) is 2.46. The lowest BCUT2D eigenvalue weighted by atomic mass is 10.2. The molecule has 1 N–H and O–H groups in total. The molecule has 1 atom stereocenters. The maximum absolute atomic E-state index is 10.2. The Kier molecular flexibility index (Phi) is 8.94. The Balaban J connectivity index is 1.97. The molecule has 5 heteroatoms. The molecule has 140 valence electrons. The molecule has 0 spiro atoms. The van der Waals surface area contributed by atoms with Crippen LogP contribution in [0.4, 0.5) is 0 Å². The van der Waals surface area contributed by atoms with Gasteiger partial charge in [-0.15, -0.1) is 6.42 Å². The zero-order chi connectivity index (χ0) is 18.6. The van der Waals surface area contributed by atoms with Crippen molar-refractivity contribution < 1.29 is 14.6 Å². The van der Waals surface area contributed by atoms with Crippen molar-refractivity contribution in [3.05, 3.63) is 59.9 Å². The smallest absolute Gasteiger partial charge is 0.107 e. The first-order chi connectivity index (χ1) is 12.7. The van der Waals surface area contributed by atoms with E-state index in [-0.39, 0.29) is 13.2 Å². The second-order valence-corrected chi connectivity index (χ2v) is 6.21. The number of methoxy groups -OCH3 is 1. The van der Waals surface area contributed by atoms with Gasteiger partial charge in [0.15, 0.2) is 0 Å². The molecule has 0 amide bonds. The van der Waals surface area contributed by atoms with Crippen molar-refractivity contribution in [1.82, 2.24) is 9.47 Å². The lowest BCUT2D eigenvalue weighted by Crippen LogP contribution is -2.37. The van der Waals surface area contributed by atoms with Crippen molar-refractivity contribution in [3.8, 4) is 12.3 Å². The van der Waals surface area contributed by atoms with Gasteiger partial charge < -0.3 is 19.1 Å².